The zero-order chi connectivity index (χ0) is 13.8. The van der Waals surface area contributed by atoms with Crippen molar-refractivity contribution in [1.82, 2.24) is 4.90 Å². The largest absolute Gasteiger partial charge is 0.395 e. The molecule has 1 saturated carbocycles. The number of nitrogens with two attached hydrogens (primary N) is 1. The van der Waals surface area contributed by atoms with Gasteiger partial charge in [0.25, 0.3) is 0 Å². The average Bonchev–Trinajstić information content (AvgIpc) is 2.29. The van der Waals surface area contributed by atoms with Gasteiger partial charge in [-0.3, -0.25) is 10.3 Å². The first-order valence-corrected chi connectivity index (χ1v) is 6.90. The summed E-state index contributed by atoms with van der Waals surface area (Å²) in [6.07, 6.45) is 3.78. The minimum absolute atomic E-state index is 0.112. The first kappa shape index (κ1) is 14.0. The normalized spacial score (nSPS) is 15.5. The van der Waals surface area contributed by atoms with Gasteiger partial charge in [0.2, 0.25) is 0 Å². The molecule has 1 fully saturated rings. The Hall–Kier alpha value is -1.39. The van der Waals surface area contributed by atoms with Gasteiger partial charge in [-0.2, -0.15) is 0 Å². The SMILES string of the molecule is Cc1cc(C(=N)N)ccc1CN(CCO)C1CCC1. The third kappa shape index (κ3) is 3.33. The predicted molar refractivity (Wildman–Crippen MR) is 77.3 cm³/mol. The van der Waals surface area contributed by atoms with Crippen molar-refractivity contribution in [3.63, 3.8) is 0 Å². The molecule has 1 aromatic carbocycles. The van der Waals surface area contributed by atoms with Gasteiger partial charge in [0.1, 0.15) is 5.84 Å². The molecule has 1 aromatic rings. The summed E-state index contributed by atoms with van der Waals surface area (Å²) in [6, 6.07) is 6.55. The van der Waals surface area contributed by atoms with Crippen LogP contribution in [0.15, 0.2) is 18.2 Å². The zero-order valence-electron chi connectivity index (χ0n) is 11.5. The molecule has 0 atom stereocenters. The molecule has 0 bridgehead atoms. The maximum absolute atomic E-state index is 9.18. The van der Waals surface area contributed by atoms with Crippen LogP contribution in [0.4, 0.5) is 0 Å². The van der Waals surface area contributed by atoms with Crippen molar-refractivity contribution < 1.29 is 5.11 Å². The third-order valence-electron chi connectivity index (χ3n) is 4.01. The van der Waals surface area contributed by atoms with Crippen molar-refractivity contribution >= 4 is 5.84 Å². The first-order chi connectivity index (χ1) is 9.11. The van der Waals surface area contributed by atoms with E-state index in [2.05, 4.69) is 17.9 Å². The van der Waals surface area contributed by atoms with Gasteiger partial charge in [0.15, 0.2) is 0 Å². The van der Waals surface area contributed by atoms with E-state index < -0.39 is 0 Å². The molecule has 4 N–H and O–H groups in total. The number of nitrogen functional groups attached to an aromatic ring is 1. The van der Waals surface area contributed by atoms with Crippen LogP contribution in [-0.4, -0.2) is 35.0 Å². The Morgan fingerprint density at radius 2 is 2.21 bits per heavy atom. The summed E-state index contributed by atoms with van der Waals surface area (Å²) in [5.41, 5.74) is 8.69. The van der Waals surface area contributed by atoms with Crippen LogP contribution in [0.5, 0.6) is 0 Å². The molecular weight excluding hydrogens is 238 g/mol. The molecular formula is C15H23N3O. The molecule has 0 aliphatic heterocycles. The van der Waals surface area contributed by atoms with E-state index in [4.69, 9.17) is 11.1 Å². The van der Waals surface area contributed by atoms with E-state index in [1.54, 1.807) is 0 Å². The lowest BCUT2D eigenvalue weighted by Crippen LogP contribution is -2.41. The molecule has 104 valence electrons. The number of hydrogen-bond acceptors (Lipinski definition) is 3. The average molecular weight is 261 g/mol. The zero-order valence-corrected chi connectivity index (χ0v) is 11.5. The predicted octanol–water partition coefficient (Wildman–Crippen LogP) is 1.63. The van der Waals surface area contributed by atoms with Crippen LogP contribution in [0.2, 0.25) is 0 Å². The Bertz CT molecular complexity index is 455. The molecule has 0 radical (unpaired) electrons. The molecule has 1 aliphatic rings. The Balaban J connectivity index is 2.09. The van der Waals surface area contributed by atoms with Crippen LogP contribution in [0.3, 0.4) is 0 Å². The Labute approximate surface area is 114 Å². The standard InChI is InChI=1S/C15H23N3O/c1-11-9-12(15(16)17)5-6-13(11)10-18(7-8-19)14-3-2-4-14/h5-6,9,14,19H,2-4,7-8,10H2,1H3,(H3,16,17). The Morgan fingerprint density at radius 1 is 1.47 bits per heavy atom. The molecule has 0 spiro atoms. The second-order valence-corrected chi connectivity index (χ2v) is 5.33. The Morgan fingerprint density at radius 3 is 2.68 bits per heavy atom. The van der Waals surface area contributed by atoms with Gasteiger partial charge in [0.05, 0.1) is 6.61 Å². The highest BCUT2D eigenvalue weighted by Gasteiger charge is 2.24. The van der Waals surface area contributed by atoms with Gasteiger partial charge >= 0.3 is 0 Å². The number of hydrogen-bond donors (Lipinski definition) is 3. The van der Waals surface area contributed by atoms with Crippen molar-refractivity contribution in [2.24, 2.45) is 5.73 Å². The van der Waals surface area contributed by atoms with Crippen molar-refractivity contribution in [1.29, 1.82) is 5.41 Å². The van der Waals surface area contributed by atoms with Crippen LogP contribution in [0.25, 0.3) is 0 Å². The highest BCUT2D eigenvalue weighted by molar-refractivity contribution is 5.95. The highest BCUT2D eigenvalue weighted by atomic mass is 16.3. The summed E-state index contributed by atoms with van der Waals surface area (Å²) >= 11 is 0. The van der Waals surface area contributed by atoms with Crippen LogP contribution in [0, 0.1) is 12.3 Å². The fourth-order valence-electron chi connectivity index (χ4n) is 2.53. The van der Waals surface area contributed by atoms with Crippen LogP contribution in [0.1, 0.15) is 36.0 Å². The van der Waals surface area contributed by atoms with Gasteiger partial charge in [0, 0.05) is 24.7 Å². The monoisotopic (exact) mass is 261 g/mol. The number of rotatable bonds is 6. The lowest BCUT2D eigenvalue weighted by molar-refractivity contribution is 0.0944. The van der Waals surface area contributed by atoms with Crippen LogP contribution >= 0.6 is 0 Å². The fourth-order valence-corrected chi connectivity index (χ4v) is 2.53. The molecule has 2 rings (SSSR count). The number of nitrogens with zero attached hydrogens (tertiary/aromatic N) is 1. The number of nitrogens with one attached hydrogen (secondary N) is 1. The van der Waals surface area contributed by atoms with Crippen molar-refractivity contribution in [3.05, 3.63) is 34.9 Å². The smallest absolute Gasteiger partial charge is 0.122 e. The molecule has 4 heteroatoms. The van der Waals surface area contributed by atoms with Gasteiger partial charge in [-0.05, 0) is 37.0 Å². The number of aryl methyl sites for hydroxylation is 1. The van der Waals surface area contributed by atoms with Gasteiger partial charge in [-0.15, -0.1) is 0 Å². The van der Waals surface area contributed by atoms with Gasteiger partial charge < -0.3 is 10.8 Å². The van der Waals surface area contributed by atoms with Crippen LogP contribution < -0.4 is 5.73 Å². The summed E-state index contributed by atoms with van der Waals surface area (Å²) in [5.74, 6) is 0.112. The van der Waals surface area contributed by atoms with E-state index in [1.807, 2.05) is 12.1 Å². The number of aliphatic hydroxyl groups is 1. The fraction of sp³-hybridized carbons (Fsp3) is 0.533. The van der Waals surface area contributed by atoms with Gasteiger partial charge in [-0.25, -0.2) is 0 Å². The molecule has 1 aliphatic carbocycles. The van der Waals surface area contributed by atoms with Gasteiger partial charge in [-0.1, -0.05) is 18.6 Å². The van der Waals surface area contributed by atoms with E-state index in [-0.39, 0.29) is 12.4 Å². The molecule has 0 saturated heterocycles. The maximum atomic E-state index is 9.18. The van der Waals surface area contributed by atoms with E-state index in [9.17, 15) is 5.11 Å². The summed E-state index contributed by atoms with van der Waals surface area (Å²) in [4.78, 5) is 2.36. The summed E-state index contributed by atoms with van der Waals surface area (Å²) in [7, 11) is 0. The minimum atomic E-state index is 0.112. The first-order valence-electron chi connectivity index (χ1n) is 6.90. The second kappa shape index (κ2) is 6.17. The molecule has 0 aromatic heterocycles. The van der Waals surface area contributed by atoms with E-state index in [1.165, 1.54) is 24.8 Å². The lowest BCUT2D eigenvalue weighted by atomic mass is 9.90. The Kier molecular flexibility index (Phi) is 4.56. The number of amidine groups is 1. The molecule has 0 heterocycles. The third-order valence-corrected chi connectivity index (χ3v) is 4.01. The summed E-state index contributed by atoms with van der Waals surface area (Å²) < 4.78 is 0. The van der Waals surface area contributed by atoms with E-state index >= 15 is 0 Å². The number of benzene rings is 1. The molecule has 0 unspecified atom stereocenters. The van der Waals surface area contributed by atoms with E-state index in [0.29, 0.717) is 6.04 Å². The maximum Gasteiger partial charge on any atom is 0.122 e. The molecule has 19 heavy (non-hydrogen) atoms. The van der Waals surface area contributed by atoms with Crippen molar-refractivity contribution in [2.45, 2.75) is 38.8 Å². The molecule has 4 nitrogen and oxygen atoms in total. The van der Waals surface area contributed by atoms with E-state index in [0.717, 1.165) is 24.2 Å². The highest BCUT2D eigenvalue weighted by Crippen LogP contribution is 2.26. The second-order valence-electron chi connectivity index (χ2n) is 5.33. The van der Waals surface area contributed by atoms with Crippen LogP contribution in [-0.2, 0) is 6.54 Å². The summed E-state index contributed by atoms with van der Waals surface area (Å²) in [6.45, 7) is 3.87. The van der Waals surface area contributed by atoms with Crippen molar-refractivity contribution in [3.8, 4) is 0 Å². The minimum Gasteiger partial charge on any atom is -0.395 e. The lowest BCUT2D eigenvalue weighted by Gasteiger charge is -2.37. The summed E-state index contributed by atoms with van der Waals surface area (Å²) in [5, 5.41) is 16.6. The topological polar surface area (TPSA) is 73.3 Å². The molecule has 0 amide bonds. The quantitative estimate of drug-likeness (QED) is 0.538. The van der Waals surface area contributed by atoms with Crippen molar-refractivity contribution in [2.75, 3.05) is 13.2 Å². The number of aliphatic hydroxyl groups excluding tert-OH is 1.